The van der Waals surface area contributed by atoms with Gasteiger partial charge in [0.2, 0.25) is 0 Å². The van der Waals surface area contributed by atoms with Crippen LogP contribution in [0, 0.1) is 11.3 Å². The lowest BCUT2D eigenvalue weighted by Gasteiger charge is -2.33. The Bertz CT molecular complexity index is 1130. The number of likely N-dealkylation sites (tertiary alicyclic amines) is 1. The van der Waals surface area contributed by atoms with Gasteiger partial charge in [0, 0.05) is 37.8 Å². The first-order chi connectivity index (χ1) is 16.1. The van der Waals surface area contributed by atoms with Crippen LogP contribution in [0.25, 0.3) is 11.0 Å². The molecule has 1 saturated heterocycles. The van der Waals surface area contributed by atoms with Crippen LogP contribution in [0.5, 0.6) is 0 Å². The number of rotatable bonds is 6. The van der Waals surface area contributed by atoms with Gasteiger partial charge in [-0.2, -0.15) is 0 Å². The minimum absolute atomic E-state index is 0.0108. The summed E-state index contributed by atoms with van der Waals surface area (Å²) in [5.41, 5.74) is 3.30. The van der Waals surface area contributed by atoms with Crippen LogP contribution in [0.4, 0.5) is 4.79 Å². The Kier molecular flexibility index (Phi) is 5.79. The molecule has 1 atom stereocenters. The molecule has 0 radical (unpaired) electrons. The third-order valence-electron chi connectivity index (χ3n) is 7.30. The second-order valence-electron chi connectivity index (χ2n) is 9.32. The molecule has 5 rings (SSSR count). The van der Waals surface area contributed by atoms with Gasteiger partial charge in [-0.1, -0.05) is 31.2 Å². The van der Waals surface area contributed by atoms with E-state index in [4.69, 9.17) is 4.42 Å². The highest BCUT2D eigenvalue weighted by Gasteiger charge is 2.54. The SMILES string of the molecule is CCc1cccc(CNC(=O)N2CCC3(CC2)CC3CNC(=O)c2cc3ccncc3o2)c1. The molecule has 33 heavy (non-hydrogen) atoms. The van der Waals surface area contributed by atoms with Crippen molar-refractivity contribution in [1.29, 1.82) is 0 Å². The number of pyridine rings is 1. The highest BCUT2D eigenvalue weighted by Crippen LogP contribution is 2.59. The van der Waals surface area contributed by atoms with Gasteiger partial charge in [-0.25, -0.2) is 4.79 Å². The summed E-state index contributed by atoms with van der Waals surface area (Å²) >= 11 is 0. The predicted molar refractivity (Wildman–Crippen MR) is 126 cm³/mol. The minimum atomic E-state index is -0.183. The van der Waals surface area contributed by atoms with Crippen LogP contribution in [0.2, 0.25) is 0 Å². The Morgan fingerprint density at radius 3 is 2.76 bits per heavy atom. The molecule has 0 bridgehead atoms. The topological polar surface area (TPSA) is 87.5 Å². The number of carbonyl (C=O) groups excluding carboxylic acids is 2. The van der Waals surface area contributed by atoms with Crippen LogP contribution in [-0.2, 0) is 13.0 Å². The predicted octanol–water partition coefficient (Wildman–Crippen LogP) is 4.13. The number of nitrogens with one attached hydrogen (secondary N) is 2. The zero-order valence-electron chi connectivity index (χ0n) is 19.0. The van der Waals surface area contributed by atoms with E-state index in [1.807, 2.05) is 17.0 Å². The molecule has 2 aromatic heterocycles. The number of aromatic nitrogens is 1. The van der Waals surface area contributed by atoms with Gasteiger partial charge in [-0.3, -0.25) is 9.78 Å². The molecule has 2 aliphatic rings. The number of benzene rings is 1. The molecule has 1 saturated carbocycles. The van der Waals surface area contributed by atoms with Crippen LogP contribution in [0.1, 0.15) is 47.9 Å². The van der Waals surface area contributed by atoms with Crippen molar-refractivity contribution >= 4 is 22.9 Å². The smallest absolute Gasteiger partial charge is 0.317 e. The van der Waals surface area contributed by atoms with E-state index in [-0.39, 0.29) is 17.4 Å². The van der Waals surface area contributed by atoms with E-state index in [1.54, 1.807) is 18.5 Å². The van der Waals surface area contributed by atoms with Gasteiger partial charge in [-0.05, 0) is 60.3 Å². The summed E-state index contributed by atoms with van der Waals surface area (Å²) in [6.07, 6.45) is 7.38. The summed E-state index contributed by atoms with van der Waals surface area (Å²) in [4.78, 5) is 31.1. The number of piperidine rings is 1. The zero-order chi connectivity index (χ0) is 22.8. The molecule has 1 aliphatic carbocycles. The van der Waals surface area contributed by atoms with Crippen LogP contribution in [-0.4, -0.2) is 41.5 Å². The van der Waals surface area contributed by atoms with Crippen LogP contribution in [0.3, 0.4) is 0 Å². The van der Waals surface area contributed by atoms with Crippen molar-refractivity contribution in [3.63, 3.8) is 0 Å². The van der Waals surface area contributed by atoms with E-state index in [0.717, 1.165) is 49.7 Å². The number of amides is 3. The number of furan rings is 1. The maximum absolute atomic E-state index is 12.6. The Hall–Kier alpha value is -3.35. The fourth-order valence-corrected chi connectivity index (χ4v) is 5.04. The number of carbonyl (C=O) groups is 2. The van der Waals surface area contributed by atoms with Gasteiger partial charge in [0.05, 0.1) is 6.20 Å². The molecular weight excluding hydrogens is 416 g/mol. The first-order valence-corrected chi connectivity index (χ1v) is 11.8. The van der Waals surface area contributed by atoms with Crippen LogP contribution in [0.15, 0.2) is 53.2 Å². The highest BCUT2D eigenvalue weighted by atomic mass is 16.3. The molecule has 2 N–H and O–H groups in total. The van der Waals surface area contributed by atoms with Gasteiger partial charge < -0.3 is 20.0 Å². The lowest BCUT2D eigenvalue weighted by molar-refractivity contribution is 0.0922. The molecule has 3 aromatic rings. The molecule has 7 heteroatoms. The molecule has 1 aliphatic heterocycles. The molecule has 3 amide bonds. The Labute approximate surface area is 193 Å². The van der Waals surface area contributed by atoms with Crippen molar-refractivity contribution < 1.29 is 14.0 Å². The summed E-state index contributed by atoms with van der Waals surface area (Å²) < 4.78 is 5.60. The van der Waals surface area contributed by atoms with Crippen LogP contribution >= 0.6 is 0 Å². The van der Waals surface area contributed by atoms with Crippen LogP contribution < -0.4 is 10.6 Å². The van der Waals surface area contributed by atoms with Crippen molar-refractivity contribution in [2.24, 2.45) is 11.3 Å². The molecular formula is C26H30N4O3. The van der Waals surface area contributed by atoms with Crippen molar-refractivity contribution in [1.82, 2.24) is 20.5 Å². The van der Waals surface area contributed by atoms with E-state index in [0.29, 0.717) is 30.4 Å². The minimum Gasteiger partial charge on any atom is -0.449 e. The highest BCUT2D eigenvalue weighted by molar-refractivity contribution is 5.95. The number of hydrogen-bond donors (Lipinski definition) is 2. The molecule has 1 spiro atoms. The van der Waals surface area contributed by atoms with E-state index in [2.05, 4.69) is 40.7 Å². The number of hydrogen-bond acceptors (Lipinski definition) is 4. The second kappa shape index (κ2) is 8.89. The standard InChI is InChI=1S/C26H30N4O3/c1-2-18-4-3-5-19(12-18)15-29-25(32)30-10-7-26(8-11-30)14-21(26)16-28-24(31)22-13-20-6-9-27-17-23(20)33-22/h3-6,9,12-13,17,21H,2,7-8,10-11,14-16H2,1H3,(H,28,31)(H,29,32). The summed E-state index contributed by atoms with van der Waals surface area (Å²) in [7, 11) is 0. The monoisotopic (exact) mass is 446 g/mol. The number of fused-ring (bicyclic) bond motifs is 1. The van der Waals surface area contributed by atoms with Crippen molar-refractivity contribution in [2.75, 3.05) is 19.6 Å². The number of urea groups is 1. The van der Waals surface area contributed by atoms with E-state index < -0.39 is 0 Å². The maximum atomic E-state index is 12.6. The van der Waals surface area contributed by atoms with Crippen molar-refractivity contribution in [3.8, 4) is 0 Å². The summed E-state index contributed by atoms with van der Waals surface area (Å²) in [6, 6.07) is 12.0. The Morgan fingerprint density at radius 1 is 1.15 bits per heavy atom. The van der Waals surface area contributed by atoms with Gasteiger partial charge in [0.15, 0.2) is 11.3 Å². The zero-order valence-corrected chi connectivity index (χ0v) is 19.0. The molecule has 3 heterocycles. The lowest BCUT2D eigenvalue weighted by atomic mass is 9.91. The number of nitrogens with zero attached hydrogens (tertiary/aromatic N) is 2. The molecule has 172 valence electrons. The molecule has 2 fully saturated rings. The average Bonchev–Trinajstić information content (AvgIpc) is 3.32. The lowest BCUT2D eigenvalue weighted by Crippen LogP contribution is -2.45. The molecule has 1 aromatic carbocycles. The first kappa shape index (κ1) is 21.5. The molecule has 7 nitrogen and oxygen atoms in total. The summed E-state index contributed by atoms with van der Waals surface area (Å²) in [5.74, 6) is 0.607. The summed E-state index contributed by atoms with van der Waals surface area (Å²) in [6.45, 7) is 4.87. The fraction of sp³-hybridized carbons (Fsp3) is 0.423. The second-order valence-corrected chi connectivity index (χ2v) is 9.32. The fourth-order valence-electron chi connectivity index (χ4n) is 5.04. The Balaban J connectivity index is 1.06. The Morgan fingerprint density at radius 2 is 1.97 bits per heavy atom. The van der Waals surface area contributed by atoms with Gasteiger partial charge >= 0.3 is 6.03 Å². The van der Waals surface area contributed by atoms with Crippen molar-refractivity contribution in [3.05, 3.63) is 65.7 Å². The average molecular weight is 447 g/mol. The van der Waals surface area contributed by atoms with Gasteiger partial charge in [0.1, 0.15) is 0 Å². The van der Waals surface area contributed by atoms with E-state index in [1.165, 1.54) is 5.56 Å². The van der Waals surface area contributed by atoms with E-state index in [9.17, 15) is 9.59 Å². The third kappa shape index (κ3) is 4.58. The quantitative estimate of drug-likeness (QED) is 0.596. The third-order valence-corrected chi connectivity index (χ3v) is 7.30. The van der Waals surface area contributed by atoms with Crippen molar-refractivity contribution in [2.45, 2.75) is 39.2 Å². The first-order valence-electron chi connectivity index (χ1n) is 11.8. The molecule has 1 unspecified atom stereocenters. The maximum Gasteiger partial charge on any atom is 0.317 e. The van der Waals surface area contributed by atoms with Gasteiger partial charge in [0.25, 0.3) is 5.91 Å². The number of aryl methyl sites for hydroxylation is 1. The van der Waals surface area contributed by atoms with E-state index >= 15 is 0 Å². The normalized spacial score (nSPS) is 18.9. The van der Waals surface area contributed by atoms with Gasteiger partial charge in [-0.15, -0.1) is 0 Å². The largest absolute Gasteiger partial charge is 0.449 e. The summed E-state index contributed by atoms with van der Waals surface area (Å²) in [5, 5.41) is 6.97.